The van der Waals surface area contributed by atoms with E-state index in [9.17, 15) is 20.4 Å². The molecule has 8 heteroatoms. The van der Waals surface area contributed by atoms with Crippen molar-refractivity contribution in [3.63, 3.8) is 0 Å². The van der Waals surface area contributed by atoms with Crippen molar-refractivity contribution in [2.45, 2.75) is 56.4 Å². The first kappa shape index (κ1) is 22.3. The summed E-state index contributed by atoms with van der Waals surface area (Å²) in [6, 6.07) is 10.9. The predicted octanol–water partition coefficient (Wildman–Crippen LogP) is 2.00. The number of hydrogen-bond acceptors (Lipinski definition) is 7. The van der Waals surface area contributed by atoms with Gasteiger partial charge >= 0.3 is 0 Å². The second-order valence-corrected chi connectivity index (χ2v) is 9.12. The number of hydrogen-bond donors (Lipinski definition) is 4. The maximum Gasteiger partial charge on any atom is 0.162 e. The minimum absolute atomic E-state index is 0.377. The van der Waals surface area contributed by atoms with Gasteiger partial charge in [0.05, 0.1) is 6.61 Å². The van der Waals surface area contributed by atoms with Crippen LogP contribution in [0.1, 0.15) is 36.6 Å². The summed E-state index contributed by atoms with van der Waals surface area (Å²) in [4.78, 5) is 0. The monoisotopic (exact) mass is 450 g/mol. The van der Waals surface area contributed by atoms with Crippen molar-refractivity contribution >= 4 is 11.6 Å². The molecule has 2 aliphatic heterocycles. The molecule has 4 N–H and O–H groups in total. The molecule has 5 atom stereocenters. The van der Waals surface area contributed by atoms with Crippen molar-refractivity contribution in [1.82, 2.24) is 0 Å². The third-order valence-corrected chi connectivity index (χ3v) is 6.02. The van der Waals surface area contributed by atoms with Crippen molar-refractivity contribution in [3.05, 3.63) is 58.1 Å². The van der Waals surface area contributed by atoms with Crippen LogP contribution in [0.5, 0.6) is 11.5 Å². The van der Waals surface area contributed by atoms with E-state index in [1.54, 1.807) is 18.2 Å². The maximum atomic E-state index is 10.4. The fraction of sp³-hybridized carbons (Fsp3) is 0.478. The summed E-state index contributed by atoms with van der Waals surface area (Å²) in [5.41, 5.74) is 1.98. The largest absolute Gasteiger partial charge is 0.486 e. The minimum atomic E-state index is -1.43. The lowest BCUT2D eigenvalue weighted by Gasteiger charge is -2.40. The van der Waals surface area contributed by atoms with Gasteiger partial charge in [0, 0.05) is 5.02 Å². The van der Waals surface area contributed by atoms with Crippen LogP contribution >= 0.6 is 11.6 Å². The molecule has 0 amide bonds. The van der Waals surface area contributed by atoms with E-state index in [1.165, 1.54) is 0 Å². The van der Waals surface area contributed by atoms with Gasteiger partial charge in [0.1, 0.15) is 42.7 Å². The van der Waals surface area contributed by atoms with Crippen LogP contribution < -0.4 is 9.47 Å². The quantitative estimate of drug-likeness (QED) is 0.564. The molecule has 1 fully saturated rings. The molecule has 1 saturated heterocycles. The molecule has 0 aliphatic carbocycles. The van der Waals surface area contributed by atoms with Crippen LogP contribution in [0.15, 0.2) is 36.4 Å². The van der Waals surface area contributed by atoms with Crippen LogP contribution in [0.4, 0.5) is 0 Å². The van der Waals surface area contributed by atoms with Crippen molar-refractivity contribution < 1.29 is 34.6 Å². The first-order valence-corrected chi connectivity index (χ1v) is 10.6. The highest BCUT2D eigenvalue weighted by molar-refractivity contribution is 6.31. The Balaban J connectivity index is 1.58. The Labute approximate surface area is 185 Å². The van der Waals surface area contributed by atoms with Crippen LogP contribution in [0.3, 0.4) is 0 Å². The zero-order valence-electron chi connectivity index (χ0n) is 17.4. The molecule has 31 heavy (non-hydrogen) atoms. The Hall–Kier alpha value is -1.87. The van der Waals surface area contributed by atoms with E-state index in [0.717, 1.165) is 11.1 Å². The Bertz CT molecular complexity index is 946. The molecule has 2 aliphatic rings. The number of halogens is 1. The molecule has 4 rings (SSSR count). The van der Waals surface area contributed by atoms with Gasteiger partial charge in [0.15, 0.2) is 11.5 Å². The van der Waals surface area contributed by atoms with Gasteiger partial charge in [0.2, 0.25) is 0 Å². The van der Waals surface area contributed by atoms with E-state index in [1.807, 2.05) is 32.0 Å². The van der Waals surface area contributed by atoms with E-state index in [-0.39, 0.29) is 5.60 Å². The molecule has 0 saturated carbocycles. The van der Waals surface area contributed by atoms with Gasteiger partial charge < -0.3 is 34.6 Å². The second kappa shape index (κ2) is 8.58. The van der Waals surface area contributed by atoms with Gasteiger partial charge in [-0.25, -0.2) is 0 Å². The van der Waals surface area contributed by atoms with Crippen molar-refractivity contribution in [2.75, 3.05) is 13.2 Å². The first-order valence-electron chi connectivity index (χ1n) is 10.2. The zero-order chi connectivity index (χ0) is 22.3. The molecule has 168 valence electrons. The highest BCUT2D eigenvalue weighted by Crippen LogP contribution is 2.38. The molecule has 7 nitrogen and oxygen atoms in total. The molecule has 2 heterocycles. The summed E-state index contributed by atoms with van der Waals surface area (Å²) in [7, 11) is 0. The minimum Gasteiger partial charge on any atom is -0.486 e. The molecule has 2 aromatic carbocycles. The van der Waals surface area contributed by atoms with E-state index >= 15 is 0 Å². The van der Waals surface area contributed by atoms with Crippen molar-refractivity contribution in [3.8, 4) is 11.5 Å². The van der Waals surface area contributed by atoms with Gasteiger partial charge in [0.25, 0.3) is 0 Å². The Morgan fingerprint density at radius 1 is 1.00 bits per heavy atom. The molecule has 0 bridgehead atoms. The van der Waals surface area contributed by atoms with Crippen molar-refractivity contribution in [2.24, 2.45) is 0 Å². The predicted molar refractivity (Wildman–Crippen MR) is 114 cm³/mol. The second-order valence-electron chi connectivity index (χ2n) is 8.71. The molecule has 0 radical (unpaired) electrons. The number of benzene rings is 2. The van der Waals surface area contributed by atoms with Crippen LogP contribution in [-0.2, 0) is 11.2 Å². The van der Waals surface area contributed by atoms with Crippen LogP contribution in [0.25, 0.3) is 0 Å². The average molecular weight is 451 g/mol. The Kier molecular flexibility index (Phi) is 6.18. The molecular formula is C23H27ClO7. The van der Waals surface area contributed by atoms with Gasteiger partial charge in [-0.05, 0) is 55.2 Å². The number of ether oxygens (including phenoxy) is 3. The highest BCUT2D eigenvalue weighted by atomic mass is 35.5. The fourth-order valence-electron chi connectivity index (χ4n) is 3.94. The summed E-state index contributed by atoms with van der Waals surface area (Å²) < 4.78 is 17.4. The van der Waals surface area contributed by atoms with E-state index in [2.05, 4.69) is 0 Å². The summed E-state index contributed by atoms with van der Waals surface area (Å²) in [5, 5.41) is 40.5. The topological polar surface area (TPSA) is 109 Å². The molecule has 2 aromatic rings. The van der Waals surface area contributed by atoms with Crippen LogP contribution in [0.2, 0.25) is 5.02 Å². The highest BCUT2D eigenvalue weighted by Gasteiger charge is 2.44. The average Bonchev–Trinajstić information content (AvgIpc) is 2.74. The summed E-state index contributed by atoms with van der Waals surface area (Å²) >= 11 is 6.42. The number of rotatable bonds is 4. The Morgan fingerprint density at radius 2 is 1.77 bits per heavy atom. The lowest BCUT2D eigenvalue weighted by atomic mass is 9.90. The van der Waals surface area contributed by atoms with E-state index in [0.29, 0.717) is 35.1 Å². The van der Waals surface area contributed by atoms with Gasteiger partial charge in [-0.15, -0.1) is 0 Å². The molecule has 0 aromatic heterocycles. The van der Waals surface area contributed by atoms with Crippen molar-refractivity contribution in [1.29, 1.82) is 0 Å². The zero-order valence-corrected chi connectivity index (χ0v) is 18.1. The summed E-state index contributed by atoms with van der Waals surface area (Å²) in [5.74, 6) is 1.37. The lowest BCUT2D eigenvalue weighted by Crippen LogP contribution is -2.55. The third-order valence-electron chi connectivity index (χ3n) is 5.65. The van der Waals surface area contributed by atoms with Gasteiger partial charge in [-0.3, -0.25) is 0 Å². The van der Waals surface area contributed by atoms with E-state index < -0.39 is 37.1 Å². The molecular weight excluding hydrogens is 424 g/mol. The fourth-order valence-corrected chi connectivity index (χ4v) is 4.13. The number of aliphatic hydroxyl groups is 4. The third kappa shape index (κ3) is 4.53. The van der Waals surface area contributed by atoms with Gasteiger partial charge in [-0.1, -0.05) is 29.8 Å². The van der Waals surface area contributed by atoms with Crippen LogP contribution in [-0.4, -0.2) is 63.7 Å². The maximum absolute atomic E-state index is 10.4. The van der Waals surface area contributed by atoms with E-state index in [4.69, 9.17) is 25.8 Å². The molecule has 5 unspecified atom stereocenters. The number of fused-ring (bicyclic) bond motifs is 1. The first-order chi connectivity index (χ1) is 14.7. The summed E-state index contributed by atoms with van der Waals surface area (Å²) in [6.07, 6.45) is -5.55. The van der Waals surface area contributed by atoms with Gasteiger partial charge in [-0.2, -0.15) is 0 Å². The Morgan fingerprint density at radius 3 is 2.52 bits per heavy atom. The molecule has 0 spiro atoms. The smallest absolute Gasteiger partial charge is 0.162 e. The summed E-state index contributed by atoms with van der Waals surface area (Å²) in [6.45, 7) is 3.91. The normalized spacial score (nSPS) is 29.6. The van der Waals surface area contributed by atoms with Crippen LogP contribution in [0, 0.1) is 0 Å². The standard InChI is InChI=1S/C23H27ClO7/c1-23(2)11-29-17-8-12(3-6-16(17)31-23)7-14-9-13(4-5-15(14)24)22-21(28)20(27)19(26)18(10-25)30-22/h3-6,8-9,18-22,25-28H,7,10-11H2,1-2H3. The lowest BCUT2D eigenvalue weighted by molar-refractivity contribution is -0.231. The number of aliphatic hydroxyl groups excluding tert-OH is 4. The SMILES string of the molecule is CC1(C)COc2cc(Cc3cc(C4OC(CO)C(O)C(O)C4O)ccc3Cl)ccc2O1.